The van der Waals surface area contributed by atoms with Gasteiger partial charge in [-0.05, 0) is 97.7 Å². The molecule has 9 atom stereocenters. The van der Waals surface area contributed by atoms with Crippen molar-refractivity contribution in [3.05, 3.63) is 0 Å². The number of hydrogen-bond donors (Lipinski definition) is 1. The minimum absolute atomic E-state index is 0.0363. The Kier molecular flexibility index (Phi) is 5.61. The molecule has 0 saturated heterocycles. The number of fused-ring (bicyclic) bond motifs is 5. The number of carbonyl (C=O) groups excluding carboxylic acids is 1. The van der Waals surface area contributed by atoms with E-state index in [1.54, 1.807) is 0 Å². The number of esters is 1. The van der Waals surface area contributed by atoms with Gasteiger partial charge in [0.1, 0.15) is 0 Å². The van der Waals surface area contributed by atoms with Crippen LogP contribution in [0.4, 0.5) is 0 Å². The van der Waals surface area contributed by atoms with E-state index in [9.17, 15) is 9.90 Å². The lowest BCUT2D eigenvalue weighted by molar-refractivity contribution is -0.168. The Morgan fingerprint density at radius 2 is 1.89 bits per heavy atom. The van der Waals surface area contributed by atoms with Gasteiger partial charge in [-0.15, -0.1) is 0 Å². The normalized spacial score (nSPS) is 48.9. The molecule has 160 valence electrons. The maximum Gasteiger partial charge on any atom is 0.305 e. The van der Waals surface area contributed by atoms with Crippen molar-refractivity contribution in [2.45, 2.75) is 97.5 Å². The van der Waals surface area contributed by atoms with Crippen molar-refractivity contribution >= 4 is 5.97 Å². The van der Waals surface area contributed by atoms with E-state index in [1.165, 1.54) is 58.5 Å². The number of rotatable bonds is 4. The Labute approximate surface area is 172 Å². The summed E-state index contributed by atoms with van der Waals surface area (Å²) in [6, 6.07) is 0. The van der Waals surface area contributed by atoms with Crippen LogP contribution in [-0.4, -0.2) is 24.3 Å². The minimum Gasteiger partial charge on any atom is -0.469 e. The number of carbonyl (C=O) groups is 1. The first kappa shape index (κ1) is 20.7. The van der Waals surface area contributed by atoms with Gasteiger partial charge in [0.15, 0.2) is 0 Å². The fourth-order valence-electron chi connectivity index (χ4n) is 8.87. The molecule has 4 aliphatic rings. The molecule has 0 spiro atoms. The highest BCUT2D eigenvalue weighted by molar-refractivity contribution is 5.69. The maximum atomic E-state index is 11.6. The van der Waals surface area contributed by atoms with Crippen molar-refractivity contribution in [1.29, 1.82) is 0 Å². The molecule has 4 rings (SSSR count). The molecule has 0 aliphatic heterocycles. The monoisotopic (exact) mass is 390 g/mol. The average Bonchev–Trinajstić information content (AvgIpc) is 3.05. The summed E-state index contributed by atoms with van der Waals surface area (Å²) in [7, 11) is 1.48. The molecule has 0 aromatic carbocycles. The molecule has 1 N–H and O–H groups in total. The van der Waals surface area contributed by atoms with Gasteiger partial charge < -0.3 is 9.84 Å². The molecule has 4 saturated carbocycles. The summed E-state index contributed by atoms with van der Waals surface area (Å²) in [5, 5.41) is 11.5. The first-order valence-electron chi connectivity index (χ1n) is 12.1. The van der Waals surface area contributed by atoms with E-state index < -0.39 is 0 Å². The van der Waals surface area contributed by atoms with Crippen LogP contribution in [0.1, 0.15) is 91.4 Å². The van der Waals surface area contributed by atoms with Crippen molar-refractivity contribution in [2.24, 2.45) is 46.3 Å². The summed E-state index contributed by atoms with van der Waals surface area (Å²) in [4.78, 5) is 11.6. The van der Waals surface area contributed by atoms with E-state index in [0.29, 0.717) is 29.6 Å². The summed E-state index contributed by atoms with van der Waals surface area (Å²) < 4.78 is 4.86. The van der Waals surface area contributed by atoms with Gasteiger partial charge in [-0.25, -0.2) is 0 Å². The van der Waals surface area contributed by atoms with Gasteiger partial charge in [0.05, 0.1) is 13.2 Å². The fraction of sp³-hybridized carbons (Fsp3) is 0.960. The fourth-order valence-corrected chi connectivity index (χ4v) is 8.87. The van der Waals surface area contributed by atoms with Crippen molar-refractivity contribution in [2.75, 3.05) is 7.11 Å². The molecule has 0 heterocycles. The maximum absolute atomic E-state index is 11.6. The smallest absolute Gasteiger partial charge is 0.305 e. The van der Waals surface area contributed by atoms with E-state index in [0.717, 1.165) is 30.6 Å². The van der Waals surface area contributed by atoms with Gasteiger partial charge in [-0.1, -0.05) is 33.6 Å². The second kappa shape index (κ2) is 7.60. The lowest BCUT2D eigenvalue weighted by Crippen LogP contribution is -2.58. The van der Waals surface area contributed by atoms with E-state index in [1.807, 2.05) is 0 Å². The topological polar surface area (TPSA) is 46.5 Å². The zero-order valence-corrected chi connectivity index (χ0v) is 18.6. The highest BCUT2D eigenvalue weighted by Crippen LogP contribution is 2.68. The SMILES string of the molecule is COC(=O)CC[C@@H](C)C1CCC2C3CCC4CCCCC4(C)C3C[C@@H](O)[C@@]21C. The summed E-state index contributed by atoms with van der Waals surface area (Å²) in [6.07, 6.45) is 13.2. The summed E-state index contributed by atoms with van der Waals surface area (Å²) in [5.41, 5.74) is 0.507. The molecule has 4 fully saturated rings. The van der Waals surface area contributed by atoms with Crippen LogP contribution >= 0.6 is 0 Å². The molecular formula is C25H42O3. The molecule has 0 amide bonds. The second-order valence-electron chi connectivity index (χ2n) is 11.3. The average molecular weight is 391 g/mol. The van der Waals surface area contributed by atoms with Gasteiger partial charge in [0.2, 0.25) is 0 Å². The number of aliphatic hydroxyl groups excluding tert-OH is 1. The van der Waals surface area contributed by atoms with Crippen LogP contribution in [0.15, 0.2) is 0 Å². The first-order chi connectivity index (χ1) is 13.3. The molecule has 3 heteroatoms. The van der Waals surface area contributed by atoms with E-state index in [-0.39, 0.29) is 17.5 Å². The van der Waals surface area contributed by atoms with Crippen LogP contribution in [0.5, 0.6) is 0 Å². The number of ether oxygens (including phenoxy) is 1. The number of hydrogen-bond acceptors (Lipinski definition) is 3. The van der Waals surface area contributed by atoms with Crippen molar-refractivity contribution in [1.82, 2.24) is 0 Å². The van der Waals surface area contributed by atoms with Crippen molar-refractivity contribution in [3.8, 4) is 0 Å². The third-order valence-corrected chi connectivity index (χ3v) is 10.5. The molecule has 0 radical (unpaired) electrons. The molecule has 6 unspecified atom stereocenters. The van der Waals surface area contributed by atoms with E-state index >= 15 is 0 Å². The largest absolute Gasteiger partial charge is 0.469 e. The highest BCUT2D eigenvalue weighted by atomic mass is 16.5. The molecular weight excluding hydrogens is 348 g/mol. The Morgan fingerprint density at radius 3 is 2.64 bits per heavy atom. The lowest BCUT2D eigenvalue weighted by Gasteiger charge is -2.62. The van der Waals surface area contributed by atoms with E-state index in [2.05, 4.69) is 20.8 Å². The van der Waals surface area contributed by atoms with Gasteiger partial charge in [-0.3, -0.25) is 4.79 Å². The molecule has 28 heavy (non-hydrogen) atoms. The van der Waals surface area contributed by atoms with Crippen molar-refractivity contribution < 1.29 is 14.6 Å². The van der Waals surface area contributed by atoms with E-state index in [4.69, 9.17) is 4.74 Å². The molecule has 4 aliphatic carbocycles. The third kappa shape index (κ3) is 3.06. The van der Waals surface area contributed by atoms with Crippen LogP contribution < -0.4 is 0 Å². The van der Waals surface area contributed by atoms with Gasteiger partial charge in [-0.2, -0.15) is 0 Å². The highest BCUT2D eigenvalue weighted by Gasteiger charge is 2.63. The lowest BCUT2D eigenvalue weighted by atomic mass is 9.44. The van der Waals surface area contributed by atoms with Crippen LogP contribution in [0, 0.1) is 46.3 Å². The van der Waals surface area contributed by atoms with Gasteiger partial charge in [0.25, 0.3) is 0 Å². The zero-order chi connectivity index (χ0) is 20.1. The Balaban J connectivity index is 1.54. The van der Waals surface area contributed by atoms with Gasteiger partial charge >= 0.3 is 5.97 Å². The summed E-state index contributed by atoms with van der Waals surface area (Å²) in [6.45, 7) is 7.29. The standard InChI is InChI=1S/C25H42O3/c1-16(8-13-23(27)28-4)19-11-12-20-18-10-9-17-7-5-6-14-24(17,2)21(18)15-22(26)25(19,20)3/h16-22,26H,5-15H2,1-4H3/t16-,17?,18?,19?,20?,21?,22-,24?,25-/m1/s1. The van der Waals surface area contributed by atoms with Gasteiger partial charge in [0, 0.05) is 6.42 Å². The Hall–Kier alpha value is -0.570. The zero-order valence-electron chi connectivity index (χ0n) is 18.6. The predicted octanol–water partition coefficient (Wildman–Crippen LogP) is 5.60. The predicted molar refractivity (Wildman–Crippen MR) is 112 cm³/mol. The number of methoxy groups -OCH3 is 1. The van der Waals surface area contributed by atoms with Crippen LogP contribution in [0.3, 0.4) is 0 Å². The first-order valence-corrected chi connectivity index (χ1v) is 12.1. The molecule has 3 nitrogen and oxygen atoms in total. The minimum atomic E-state index is -0.177. The molecule has 0 bridgehead atoms. The third-order valence-electron chi connectivity index (χ3n) is 10.5. The second-order valence-corrected chi connectivity index (χ2v) is 11.3. The summed E-state index contributed by atoms with van der Waals surface area (Å²) in [5.74, 6) is 4.02. The number of aliphatic hydroxyl groups is 1. The molecule has 0 aromatic heterocycles. The Bertz CT molecular complexity index is 588. The van der Waals surface area contributed by atoms with Crippen molar-refractivity contribution in [3.63, 3.8) is 0 Å². The summed E-state index contributed by atoms with van der Waals surface area (Å²) >= 11 is 0. The molecule has 0 aromatic rings. The Morgan fingerprint density at radius 1 is 1.11 bits per heavy atom. The van der Waals surface area contributed by atoms with Crippen LogP contribution in [-0.2, 0) is 9.53 Å². The quantitative estimate of drug-likeness (QED) is 0.636. The van der Waals surface area contributed by atoms with Crippen LogP contribution in [0.25, 0.3) is 0 Å². The van der Waals surface area contributed by atoms with Crippen LogP contribution in [0.2, 0.25) is 0 Å².